The van der Waals surface area contributed by atoms with Crippen LogP contribution in [0.3, 0.4) is 0 Å². The molecule has 0 aliphatic carbocycles. The number of aliphatic hydroxyl groups excluding tert-OH is 1. The third-order valence-corrected chi connectivity index (χ3v) is 1.42. The van der Waals surface area contributed by atoms with Crippen LogP contribution in [0.4, 0.5) is 0 Å². The third kappa shape index (κ3) is 1.38. The molecule has 1 unspecified atom stereocenters. The standard InChI is InChI=1S/C7H9N3O/c1-5(11)6-4-10(2)7(3-8)9-6/h4-5,11H,1-2H3. The molecule has 58 valence electrons. The molecule has 1 N–H and O–H groups in total. The Bertz CT molecular complexity index is 295. The zero-order chi connectivity index (χ0) is 8.43. The van der Waals surface area contributed by atoms with E-state index in [0.29, 0.717) is 11.5 Å². The Labute approximate surface area is 64.7 Å². The topological polar surface area (TPSA) is 61.8 Å². The van der Waals surface area contributed by atoms with Gasteiger partial charge < -0.3 is 9.67 Å². The van der Waals surface area contributed by atoms with Crippen LogP contribution in [0.2, 0.25) is 0 Å². The predicted octanol–water partition coefficient (Wildman–Crippen LogP) is 0.345. The van der Waals surface area contributed by atoms with E-state index in [1.54, 1.807) is 24.7 Å². The SMILES string of the molecule is CC(O)c1cn(C)c(C#N)n1. The molecule has 1 rings (SSSR count). The molecule has 0 radical (unpaired) electrons. The van der Waals surface area contributed by atoms with Crippen molar-refractivity contribution in [1.29, 1.82) is 5.26 Å². The summed E-state index contributed by atoms with van der Waals surface area (Å²) >= 11 is 0. The van der Waals surface area contributed by atoms with E-state index in [4.69, 9.17) is 10.4 Å². The second-order valence-electron chi connectivity index (χ2n) is 2.39. The first kappa shape index (κ1) is 7.76. The molecule has 0 saturated carbocycles. The van der Waals surface area contributed by atoms with Crippen molar-refractivity contribution in [3.8, 4) is 6.07 Å². The summed E-state index contributed by atoms with van der Waals surface area (Å²) in [7, 11) is 1.72. The molecule has 0 amide bonds. The van der Waals surface area contributed by atoms with E-state index in [1.807, 2.05) is 6.07 Å². The van der Waals surface area contributed by atoms with Crippen LogP contribution in [0.1, 0.15) is 24.5 Å². The van der Waals surface area contributed by atoms with Gasteiger partial charge in [-0.05, 0) is 6.92 Å². The molecular formula is C7H9N3O. The molecule has 0 spiro atoms. The fourth-order valence-electron chi connectivity index (χ4n) is 0.795. The first-order chi connectivity index (χ1) is 5.15. The van der Waals surface area contributed by atoms with Crippen molar-refractivity contribution in [1.82, 2.24) is 9.55 Å². The lowest BCUT2D eigenvalue weighted by Gasteiger charge is -1.94. The minimum Gasteiger partial charge on any atom is -0.387 e. The fourth-order valence-corrected chi connectivity index (χ4v) is 0.795. The van der Waals surface area contributed by atoms with Crippen LogP contribution >= 0.6 is 0 Å². The van der Waals surface area contributed by atoms with Crippen LogP contribution in [-0.2, 0) is 7.05 Å². The van der Waals surface area contributed by atoms with Crippen molar-refractivity contribution in [3.63, 3.8) is 0 Å². The average molecular weight is 151 g/mol. The van der Waals surface area contributed by atoms with Crippen LogP contribution < -0.4 is 0 Å². The molecule has 11 heavy (non-hydrogen) atoms. The zero-order valence-corrected chi connectivity index (χ0v) is 6.44. The van der Waals surface area contributed by atoms with Gasteiger partial charge in [-0.1, -0.05) is 0 Å². The Morgan fingerprint density at radius 2 is 2.45 bits per heavy atom. The molecule has 0 saturated heterocycles. The van der Waals surface area contributed by atoms with Crippen molar-refractivity contribution >= 4 is 0 Å². The molecule has 0 bridgehead atoms. The normalized spacial score (nSPS) is 12.5. The number of rotatable bonds is 1. The molecule has 1 atom stereocenters. The van der Waals surface area contributed by atoms with Gasteiger partial charge in [0.25, 0.3) is 0 Å². The third-order valence-electron chi connectivity index (χ3n) is 1.42. The summed E-state index contributed by atoms with van der Waals surface area (Å²) in [4.78, 5) is 3.88. The highest BCUT2D eigenvalue weighted by atomic mass is 16.3. The number of hydrogen-bond acceptors (Lipinski definition) is 3. The van der Waals surface area contributed by atoms with E-state index in [9.17, 15) is 0 Å². The van der Waals surface area contributed by atoms with Gasteiger partial charge in [-0.15, -0.1) is 0 Å². The van der Waals surface area contributed by atoms with Crippen LogP contribution in [-0.4, -0.2) is 14.7 Å². The molecule has 1 heterocycles. The van der Waals surface area contributed by atoms with E-state index in [2.05, 4.69) is 4.98 Å². The largest absolute Gasteiger partial charge is 0.387 e. The Morgan fingerprint density at radius 1 is 1.82 bits per heavy atom. The number of aryl methyl sites for hydroxylation is 1. The summed E-state index contributed by atoms with van der Waals surface area (Å²) in [6.07, 6.45) is 1.03. The van der Waals surface area contributed by atoms with Gasteiger partial charge >= 0.3 is 0 Å². The van der Waals surface area contributed by atoms with E-state index >= 15 is 0 Å². The number of nitriles is 1. The Balaban J connectivity index is 3.07. The summed E-state index contributed by atoms with van der Waals surface area (Å²) in [6, 6.07) is 1.91. The van der Waals surface area contributed by atoms with E-state index in [0.717, 1.165) is 0 Å². The molecule has 0 fully saturated rings. The Kier molecular flexibility index (Phi) is 1.92. The summed E-state index contributed by atoms with van der Waals surface area (Å²) in [5.41, 5.74) is 0.532. The van der Waals surface area contributed by atoms with Crippen molar-refractivity contribution in [2.24, 2.45) is 7.05 Å². The first-order valence-electron chi connectivity index (χ1n) is 3.26. The van der Waals surface area contributed by atoms with Crippen LogP contribution in [0.15, 0.2) is 6.20 Å². The van der Waals surface area contributed by atoms with Gasteiger partial charge in [-0.3, -0.25) is 0 Å². The average Bonchev–Trinajstić information content (AvgIpc) is 2.31. The van der Waals surface area contributed by atoms with E-state index in [1.165, 1.54) is 0 Å². The quantitative estimate of drug-likeness (QED) is 0.629. The molecule has 1 aromatic rings. The maximum absolute atomic E-state index is 9.07. The highest BCUT2D eigenvalue weighted by Gasteiger charge is 2.07. The van der Waals surface area contributed by atoms with Crippen molar-refractivity contribution in [2.75, 3.05) is 0 Å². The lowest BCUT2D eigenvalue weighted by Crippen LogP contribution is -1.90. The maximum atomic E-state index is 9.07. The molecule has 0 aromatic carbocycles. The monoisotopic (exact) mass is 151 g/mol. The summed E-state index contributed by atoms with van der Waals surface area (Å²) in [6.45, 7) is 1.61. The van der Waals surface area contributed by atoms with Gasteiger partial charge in [0.2, 0.25) is 5.82 Å². The van der Waals surface area contributed by atoms with Gasteiger partial charge in [0.15, 0.2) is 0 Å². The van der Waals surface area contributed by atoms with Gasteiger partial charge in [-0.25, -0.2) is 4.98 Å². The second-order valence-corrected chi connectivity index (χ2v) is 2.39. The number of aromatic nitrogens is 2. The van der Waals surface area contributed by atoms with Crippen molar-refractivity contribution in [2.45, 2.75) is 13.0 Å². The molecule has 4 nitrogen and oxygen atoms in total. The maximum Gasteiger partial charge on any atom is 0.212 e. The number of hydrogen-bond donors (Lipinski definition) is 1. The molecule has 4 heteroatoms. The van der Waals surface area contributed by atoms with Gasteiger partial charge in [0.05, 0.1) is 11.8 Å². The van der Waals surface area contributed by atoms with Crippen LogP contribution in [0, 0.1) is 11.3 Å². The lowest BCUT2D eigenvalue weighted by atomic mass is 10.3. The molecular weight excluding hydrogens is 142 g/mol. The van der Waals surface area contributed by atoms with Gasteiger partial charge in [-0.2, -0.15) is 5.26 Å². The van der Waals surface area contributed by atoms with Crippen molar-refractivity contribution < 1.29 is 5.11 Å². The number of imidazole rings is 1. The van der Waals surface area contributed by atoms with E-state index < -0.39 is 6.10 Å². The van der Waals surface area contributed by atoms with Gasteiger partial charge in [0.1, 0.15) is 6.07 Å². The van der Waals surface area contributed by atoms with Crippen LogP contribution in [0.25, 0.3) is 0 Å². The molecule has 1 aromatic heterocycles. The predicted molar refractivity (Wildman–Crippen MR) is 38.6 cm³/mol. The van der Waals surface area contributed by atoms with Crippen molar-refractivity contribution in [3.05, 3.63) is 17.7 Å². The smallest absolute Gasteiger partial charge is 0.212 e. The van der Waals surface area contributed by atoms with Gasteiger partial charge in [0, 0.05) is 13.2 Å². The second kappa shape index (κ2) is 2.72. The number of aliphatic hydroxyl groups is 1. The molecule has 0 aliphatic heterocycles. The Hall–Kier alpha value is -1.34. The summed E-state index contributed by atoms with van der Waals surface area (Å²) in [5, 5.41) is 17.6. The highest BCUT2D eigenvalue weighted by Crippen LogP contribution is 2.09. The lowest BCUT2D eigenvalue weighted by molar-refractivity contribution is 0.194. The summed E-state index contributed by atoms with van der Waals surface area (Å²) in [5.74, 6) is 0.320. The zero-order valence-electron chi connectivity index (χ0n) is 6.44. The minimum atomic E-state index is -0.608. The fraction of sp³-hybridized carbons (Fsp3) is 0.429. The van der Waals surface area contributed by atoms with E-state index in [-0.39, 0.29) is 0 Å². The minimum absolute atomic E-state index is 0.320. The molecule has 0 aliphatic rings. The number of nitrogens with zero attached hydrogens (tertiary/aromatic N) is 3. The highest BCUT2D eigenvalue weighted by molar-refractivity contribution is 5.16. The summed E-state index contributed by atoms with van der Waals surface area (Å²) < 4.78 is 1.59. The Morgan fingerprint density at radius 3 is 2.73 bits per heavy atom. The van der Waals surface area contributed by atoms with Crippen LogP contribution in [0.5, 0.6) is 0 Å². The first-order valence-corrected chi connectivity index (χ1v) is 3.26.